The lowest BCUT2D eigenvalue weighted by Gasteiger charge is -2.32. The van der Waals surface area contributed by atoms with Crippen molar-refractivity contribution in [2.75, 3.05) is 20.2 Å². The van der Waals surface area contributed by atoms with Crippen molar-refractivity contribution in [3.63, 3.8) is 0 Å². The quantitative estimate of drug-likeness (QED) is 0.241. The predicted molar refractivity (Wildman–Crippen MR) is 158 cm³/mol. The van der Waals surface area contributed by atoms with Crippen molar-refractivity contribution in [2.45, 2.75) is 73.0 Å². The number of methoxy groups -OCH3 is 1. The minimum absolute atomic E-state index is 0.0271. The van der Waals surface area contributed by atoms with E-state index >= 15 is 0 Å². The molecule has 0 saturated heterocycles. The molecule has 0 spiro atoms. The summed E-state index contributed by atoms with van der Waals surface area (Å²) in [4.78, 5) is 31.0. The maximum absolute atomic E-state index is 13.8. The Morgan fingerprint density at radius 2 is 1.69 bits per heavy atom. The van der Waals surface area contributed by atoms with Gasteiger partial charge in [-0.05, 0) is 79.6 Å². The van der Waals surface area contributed by atoms with Crippen molar-refractivity contribution in [3.05, 3.63) is 89.2 Å². The van der Waals surface area contributed by atoms with Crippen molar-refractivity contribution in [2.24, 2.45) is 5.92 Å². The van der Waals surface area contributed by atoms with E-state index < -0.39 is 0 Å². The van der Waals surface area contributed by atoms with Crippen LogP contribution in [0.5, 0.6) is 5.75 Å². The van der Waals surface area contributed by atoms with Crippen LogP contribution in [0.1, 0.15) is 74.6 Å². The van der Waals surface area contributed by atoms with Crippen molar-refractivity contribution in [1.82, 2.24) is 14.4 Å². The highest BCUT2D eigenvalue weighted by atomic mass is 16.5. The lowest BCUT2D eigenvalue weighted by atomic mass is 10.1. The molecule has 2 amide bonds. The number of ether oxygens (including phenoxy) is 1. The molecule has 39 heavy (non-hydrogen) atoms. The number of aromatic nitrogens is 1. The summed E-state index contributed by atoms with van der Waals surface area (Å²) in [5.74, 6) is 1.15. The molecule has 0 aliphatic heterocycles. The molecule has 1 aromatic heterocycles. The summed E-state index contributed by atoms with van der Waals surface area (Å²) < 4.78 is 7.56. The van der Waals surface area contributed by atoms with E-state index in [-0.39, 0.29) is 24.4 Å². The molecule has 0 saturated carbocycles. The zero-order valence-electron chi connectivity index (χ0n) is 24.5. The summed E-state index contributed by atoms with van der Waals surface area (Å²) in [7, 11) is 1.67. The zero-order chi connectivity index (χ0) is 28.4. The third kappa shape index (κ3) is 8.47. The number of amides is 2. The molecule has 3 rings (SSSR count). The van der Waals surface area contributed by atoms with E-state index in [1.807, 2.05) is 59.6 Å². The number of benzene rings is 2. The summed E-state index contributed by atoms with van der Waals surface area (Å²) in [5, 5.41) is 0. The molecular formula is C33H45N3O3. The summed E-state index contributed by atoms with van der Waals surface area (Å²) >= 11 is 0. The van der Waals surface area contributed by atoms with Gasteiger partial charge in [-0.15, -0.1) is 0 Å². The second kappa shape index (κ2) is 14.6. The fourth-order valence-corrected chi connectivity index (χ4v) is 4.59. The van der Waals surface area contributed by atoms with E-state index in [0.29, 0.717) is 31.1 Å². The van der Waals surface area contributed by atoms with Gasteiger partial charge in [0, 0.05) is 36.6 Å². The van der Waals surface area contributed by atoms with Crippen molar-refractivity contribution in [3.8, 4) is 5.75 Å². The normalized spacial score (nSPS) is 11.9. The van der Waals surface area contributed by atoms with Crippen LogP contribution < -0.4 is 4.74 Å². The topological polar surface area (TPSA) is 54.8 Å². The Bertz CT molecular complexity index is 1200. The van der Waals surface area contributed by atoms with Crippen LogP contribution in [0.4, 0.5) is 0 Å². The maximum atomic E-state index is 13.8. The Balaban J connectivity index is 1.80. The van der Waals surface area contributed by atoms with Gasteiger partial charge in [0.1, 0.15) is 12.3 Å². The Hall–Kier alpha value is -3.54. The van der Waals surface area contributed by atoms with Crippen molar-refractivity contribution in [1.29, 1.82) is 0 Å². The molecule has 3 aromatic rings. The zero-order valence-corrected chi connectivity index (χ0v) is 24.5. The molecule has 0 unspecified atom stereocenters. The van der Waals surface area contributed by atoms with Gasteiger partial charge in [-0.1, -0.05) is 52.0 Å². The fourth-order valence-electron chi connectivity index (χ4n) is 4.59. The second-order valence-electron chi connectivity index (χ2n) is 10.7. The highest BCUT2D eigenvalue weighted by molar-refractivity contribution is 5.96. The van der Waals surface area contributed by atoms with Crippen LogP contribution >= 0.6 is 0 Å². The SMILES string of the molecule is CCc1ccc(C(=O)N(CCC(C)C)CC(=O)N(Cc2cccn2Cc2cccc(OC)c2)[C@@H](C)CC)cc1. The average molecular weight is 532 g/mol. The monoisotopic (exact) mass is 531 g/mol. The van der Waals surface area contributed by atoms with Gasteiger partial charge in [-0.25, -0.2) is 0 Å². The number of carbonyl (C=O) groups excluding carboxylic acids is 2. The molecule has 6 nitrogen and oxygen atoms in total. The number of hydrogen-bond donors (Lipinski definition) is 0. The predicted octanol–water partition coefficient (Wildman–Crippen LogP) is 6.42. The number of aryl methyl sites for hydroxylation is 1. The summed E-state index contributed by atoms with van der Waals surface area (Å²) in [6.07, 6.45) is 4.65. The van der Waals surface area contributed by atoms with Crippen LogP contribution in [-0.4, -0.2) is 52.4 Å². The standard InChI is InChI=1S/C33H45N3O3/c1-7-26(5)36(23-30-12-10-19-34(30)22-28-11-9-13-31(21-28)39-6)32(37)24-35(20-18-25(3)4)33(38)29-16-14-27(8-2)15-17-29/h9-17,19,21,25-26H,7-8,18,20,22-24H2,1-6H3/t26-/m0/s1. The first kappa shape index (κ1) is 30.0. The maximum Gasteiger partial charge on any atom is 0.254 e. The van der Waals surface area contributed by atoms with Gasteiger partial charge >= 0.3 is 0 Å². The number of nitrogens with zero attached hydrogens (tertiary/aromatic N) is 3. The Labute approximate surface area is 234 Å². The molecule has 0 N–H and O–H groups in total. The smallest absolute Gasteiger partial charge is 0.254 e. The molecule has 1 atom stereocenters. The van der Waals surface area contributed by atoms with E-state index in [0.717, 1.165) is 36.3 Å². The number of hydrogen-bond acceptors (Lipinski definition) is 3. The van der Waals surface area contributed by atoms with Crippen LogP contribution in [0, 0.1) is 5.92 Å². The number of rotatable bonds is 14. The van der Waals surface area contributed by atoms with Crippen LogP contribution in [0.3, 0.4) is 0 Å². The van der Waals surface area contributed by atoms with Crippen LogP contribution in [0.15, 0.2) is 66.9 Å². The molecule has 6 heteroatoms. The van der Waals surface area contributed by atoms with E-state index in [4.69, 9.17) is 4.74 Å². The Morgan fingerprint density at radius 3 is 2.33 bits per heavy atom. The molecular weight excluding hydrogens is 486 g/mol. The molecule has 0 radical (unpaired) electrons. The highest BCUT2D eigenvalue weighted by Gasteiger charge is 2.26. The van der Waals surface area contributed by atoms with Crippen molar-refractivity contribution >= 4 is 11.8 Å². The Kier molecular flexibility index (Phi) is 11.2. The minimum Gasteiger partial charge on any atom is -0.497 e. The summed E-state index contributed by atoms with van der Waals surface area (Å²) in [5.41, 5.74) is 4.01. The third-order valence-electron chi connectivity index (χ3n) is 7.39. The first-order valence-corrected chi connectivity index (χ1v) is 14.2. The summed E-state index contributed by atoms with van der Waals surface area (Å²) in [6, 6.07) is 19.9. The van der Waals surface area contributed by atoms with Crippen LogP contribution in [0.25, 0.3) is 0 Å². The first-order valence-electron chi connectivity index (χ1n) is 14.2. The van der Waals surface area contributed by atoms with Crippen molar-refractivity contribution < 1.29 is 14.3 Å². The summed E-state index contributed by atoms with van der Waals surface area (Å²) in [6.45, 7) is 12.4. The minimum atomic E-state index is -0.0860. The highest BCUT2D eigenvalue weighted by Crippen LogP contribution is 2.18. The lowest BCUT2D eigenvalue weighted by Crippen LogP contribution is -2.46. The van der Waals surface area contributed by atoms with Gasteiger partial charge in [0.05, 0.1) is 13.7 Å². The van der Waals surface area contributed by atoms with Gasteiger partial charge in [-0.2, -0.15) is 0 Å². The van der Waals surface area contributed by atoms with Gasteiger partial charge < -0.3 is 19.1 Å². The van der Waals surface area contributed by atoms with E-state index in [1.165, 1.54) is 5.56 Å². The fraction of sp³-hybridized carbons (Fsp3) is 0.455. The lowest BCUT2D eigenvalue weighted by molar-refractivity contribution is -0.134. The molecule has 210 valence electrons. The van der Waals surface area contributed by atoms with Gasteiger partial charge in [0.25, 0.3) is 5.91 Å². The second-order valence-corrected chi connectivity index (χ2v) is 10.7. The van der Waals surface area contributed by atoms with E-state index in [2.05, 4.69) is 51.3 Å². The third-order valence-corrected chi connectivity index (χ3v) is 7.39. The van der Waals surface area contributed by atoms with Crippen LogP contribution in [-0.2, 0) is 24.3 Å². The molecule has 0 bridgehead atoms. The molecule has 1 heterocycles. The van der Waals surface area contributed by atoms with Gasteiger partial charge in [0.2, 0.25) is 5.91 Å². The molecule has 0 fully saturated rings. The molecule has 2 aromatic carbocycles. The van der Waals surface area contributed by atoms with Crippen LogP contribution in [0.2, 0.25) is 0 Å². The van der Waals surface area contributed by atoms with Gasteiger partial charge in [0.15, 0.2) is 0 Å². The Morgan fingerprint density at radius 1 is 0.949 bits per heavy atom. The van der Waals surface area contributed by atoms with E-state index in [9.17, 15) is 9.59 Å². The molecule has 0 aliphatic rings. The largest absolute Gasteiger partial charge is 0.497 e. The molecule has 0 aliphatic carbocycles. The van der Waals surface area contributed by atoms with E-state index in [1.54, 1.807) is 12.0 Å². The number of carbonyl (C=O) groups is 2. The average Bonchev–Trinajstić information content (AvgIpc) is 3.39. The van der Waals surface area contributed by atoms with Gasteiger partial charge in [-0.3, -0.25) is 9.59 Å². The first-order chi connectivity index (χ1) is 18.7.